The summed E-state index contributed by atoms with van der Waals surface area (Å²) in [6.45, 7) is 0. The van der Waals surface area contributed by atoms with Gasteiger partial charge in [0.15, 0.2) is 5.78 Å². The number of carbonyl (C=O) groups is 1. The van der Waals surface area contributed by atoms with Crippen molar-refractivity contribution in [2.45, 2.75) is 30.3 Å². The lowest BCUT2D eigenvalue weighted by Gasteiger charge is -2.09. The molecule has 1 aliphatic rings. The first kappa shape index (κ1) is 13.5. The van der Waals surface area contributed by atoms with Gasteiger partial charge in [0.25, 0.3) is 0 Å². The lowest BCUT2D eigenvalue weighted by molar-refractivity contribution is -0.136. The maximum Gasteiger partial charge on any atom is 0.389 e. The largest absolute Gasteiger partial charge is 0.389 e. The molecule has 0 saturated heterocycles. The highest BCUT2D eigenvalue weighted by Crippen LogP contribution is 2.34. The molecule has 0 fully saturated rings. The van der Waals surface area contributed by atoms with E-state index in [1.54, 1.807) is 17.8 Å². The molecule has 0 bridgehead atoms. The molecule has 2 rings (SSSR count). The number of rotatable bonds is 3. The number of carbonyl (C=O) groups excluding carboxylic acids is 1. The Morgan fingerprint density at radius 1 is 1.39 bits per heavy atom. The van der Waals surface area contributed by atoms with Crippen LogP contribution in [0.1, 0.15) is 28.8 Å². The Morgan fingerprint density at radius 2 is 2.11 bits per heavy atom. The molecule has 0 N–H and O–H groups in total. The van der Waals surface area contributed by atoms with Gasteiger partial charge in [-0.2, -0.15) is 13.2 Å². The molecule has 18 heavy (non-hydrogen) atoms. The van der Waals surface area contributed by atoms with Crippen molar-refractivity contribution in [3.63, 3.8) is 0 Å². The minimum Gasteiger partial charge on any atom is -0.294 e. The van der Waals surface area contributed by atoms with E-state index in [1.807, 2.05) is 18.4 Å². The first-order valence-electron chi connectivity index (χ1n) is 5.68. The Labute approximate surface area is 108 Å². The molecule has 1 nitrogen and oxygen atoms in total. The van der Waals surface area contributed by atoms with Gasteiger partial charge in [-0.15, -0.1) is 11.8 Å². The van der Waals surface area contributed by atoms with Gasteiger partial charge in [-0.05, 0) is 36.8 Å². The third kappa shape index (κ3) is 2.88. The van der Waals surface area contributed by atoms with Crippen molar-refractivity contribution in [1.29, 1.82) is 0 Å². The number of halogens is 3. The van der Waals surface area contributed by atoms with Crippen LogP contribution in [0.4, 0.5) is 13.2 Å². The van der Waals surface area contributed by atoms with Gasteiger partial charge in [0.05, 0.1) is 0 Å². The van der Waals surface area contributed by atoms with Crippen molar-refractivity contribution in [3.05, 3.63) is 29.3 Å². The van der Waals surface area contributed by atoms with Crippen LogP contribution in [0, 0.1) is 5.92 Å². The van der Waals surface area contributed by atoms with Crippen LogP contribution in [0.3, 0.4) is 0 Å². The highest BCUT2D eigenvalue weighted by Gasteiger charge is 2.35. The number of fused-ring (bicyclic) bond motifs is 1. The summed E-state index contributed by atoms with van der Waals surface area (Å²) in [7, 11) is 0. The standard InChI is InChI=1S/C13H13F3OS/c1-18-10-2-3-11-9(7-10)6-8(12(11)17)4-5-13(14,15)16/h2-3,7-8H,4-6H2,1H3. The molecular weight excluding hydrogens is 261 g/mol. The van der Waals surface area contributed by atoms with E-state index in [4.69, 9.17) is 0 Å². The fourth-order valence-electron chi connectivity index (χ4n) is 2.26. The van der Waals surface area contributed by atoms with Crippen LogP contribution in [0.15, 0.2) is 23.1 Å². The molecule has 1 aliphatic carbocycles. The number of benzene rings is 1. The quantitative estimate of drug-likeness (QED) is 0.772. The Hall–Kier alpha value is -0.970. The van der Waals surface area contributed by atoms with E-state index in [-0.39, 0.29) is 12.2 Å². The second-order valence-electron chi connectivity index (χ2n) is 4.44. The van der Waals surface area contributed by atoms with Crippen molar-refractivity contribution in [2.75, 3.05) is 6.26 Å². The van der Waals surface area contributed by atoms with Crippen LogP contribution in [-0.2, 0) is 6.42 Å². The predicted octanol–water partition coefficient (Wildman–Crippen LogP) is 4.11. The zero-order chi connectivity index (χ0) is 13.3. The van der Waals surface area contributed by atoms with Crippen LogP contribution in [0.2, 0.25) is 0 Å². The van der Waals surface area contributed by atoms with E-state index in [2.05, 4.69) is 0 Å². The van der Waals surface area contributed by atoms with Crippen molar-refractivity contribution in [3.8, 4) is 0 Å². The molecule has 0 spiro atoms. The van der Waals surface area contributed by atoms with Gasteiger partial charge in [-0.3, -0.25) is 4.79 Å². The number of Topliss-reactive ketones (excluding diaryl/α,β-unsaturated/α-hetero) is 1. The maximum absolute atomic E-state index is 12.2. The minimum atomic E-state index is -4.18. The molecule has 0 heterocycles. The third-order valence-corrected chi connectivity index (χ3v) is 3.92. The van der Waals surface area contributed by atoms with Crippen LogP contribution >= 0.6 is 11.8 Å². The predicted molar refractivity (Wildman–Crippen MR) is 65.0 cm³/mol. The number of thioether (sulfide) groups is 1. The summed E-state index contributed by atoms with van der Waals surface area (Å²) < 4.78 is 36.5. The van der Waals surface area contributed by atoms with E-state index in [1.165, 1.54) is 0 Å². The van der Waals surface area contributed by atoms with Gasteiger partial charge in [-0.25, -0.2) is 0 Å². The van der Waals surface area contributed by atoms with Gasteiger partial charge < -0.3 is 0 Å². The summed E-state index contributed by atoms with van der Waals surface area (Å²) in [5.41, 5.74) is 1.49. The monoisotopic (exact) mass is 274 g/mol. The Kier molecular flexibility index (Phi) is 3.71. The van der Waals surface area contributed by atoms with Crippen molar-refractivity contribution in [1.82, 2.24) is 0 Å². The molecule has 1 aromatic rings. The lowest BCUT2D eigenvalue weighted by atomic mass is 9.99. The first-order chi connectivity index (χ1) is 8.40. The summed E-state index contributed by atoms with van der Waals surface area (Å²) in [6.07, 6.45) is -2.80. The SMILES string of the molecule is CSc1ccc2c(c1)CC(CCC(F)(F)F)C2=O. The Bertz CT molecular complexity index is 468. The van der Waals surface area contributed by atoms with Gasteiger partial charge in [0.1, 0.15) is 0 Å². The molecular formula is C13H13F3OS. The fourth-order valence-corrected chi connectivity index (χ4v) is 2.72. The fraction of sp³-hybridized carbons (Fsp3) is 0.462. The molecule has 0 aliphatic heterocycles. The van der Waals surface area contributed by atoms with Gasteiger partial charge in [-0.1, -0.05) is 6.07 Å². The molecule has 0 saturated carbocycles. The summed E-state index contributed by atoms with van der Waals surface area (Å²) in [5.74, 6) is -0.638. The lowest BCUT2D eigenvalue weighted by Crippen LogP contribution is -2.15. The molecule has 0 amide bonds. The average Bonchev–Trinajstić information content (AvgIpc) is 2.62. The Morgan fingerprint density at radius 3 is 2.72 bits per heavy atom. The topological polar surface area (TPSA) is 17.1 Å². The molecule has 5 heteroatoms. The van der Waals surface area contributed by atoms with Crippen LogP contribution in [0.5, 0.6) is 0 Å². The van der Waals surface area contributed by atoms with E-state index in [0.717, 1.165) is 10.5 Å². The zero-order valence-corrected chi connectivity index (χ0v) is 10.7. The molecule has 0 radical (unpaired) electrons. The molecule has 1 atom stereocenters. The normalized spacial score (nSPS) is 19.1. The summed E-state index contributed by atoms with van der Waals surface area (Å²) in [6, 6.07) is 5.48. The number of ketones is 1. The highest BCUT2D eigenvalue weighted by atomic mass is 32.2. The highest BCUT2D eigenvalue weighted by molar-refractivity contribution is 7.98. The van der Waals surface area contributed by atoms with Gasteiger partial charge in [0.2, 0.25) is 0 Å². The van der Waals surface area contributed by atoms with Crippen molar-refractivity contribution >= 4 is 17.5 Å². The van der Waals surface area contributed by atoms with E-state index < -0.39 is 18.5 Å². The van der Waals surface area contributed by atoms with Gasteiger partial charge >= 0.3 is 6.18 Å². The average molecular weight is 274 g/mol. The second kappa shape index (κ2) is 4.96. The molecule has 0 aromatic heterocycles. The number of hydrogen-bond acceptors (Lipinski definition) is 2. The summed E-state index contributed by atoms with van der Waals surface area (Å²) >= 11 is 1.56. The summed E-state index contributed by atoms with van der Waals surface area (Å²) in [4.78, 5) is 13.0. The maximum atomic E-state index is 12.2. The minimum absolute atomic E-state index is 0.106. The zero-order valence-electron chi connectivity index (χ0n) is 9.88. The third-order valence-electron chi connectivity index (χ3n) is 3.19. The van der Waals surface area contributed by atoms with E-state index in [0.29, 0.717) is 12.0 Å². The second-order valence-corrected chi connectivity index (χ2v) is 5.32. The van der Waals surface area contributed by atoms with Crippen LogP contribution in [0.25, 0.3) is 0 Å². The molecule has 1 aromatic carbocycles. The van der Waals surface area contributed by atoms with Gasteiger partial charge in [0, 0.05) is 22.8 Å². The Balaban J connectivity index is 2.10. The summed E-state index contributed by atoms with van der Waals surface area (Å²) in [5, 5.41) is 0. The number of hydrogen-bond donors (Lipinski definition) is 0. The van der Waals surface area contributed by atoms with Crippen molar-refractivity contribution in [2.24, 2.45) is 5.92 Å². The number of alkyl halides is 3. The van der Waals surface area contributed by atoms with E-state index in [9.17, 15) is 18.0 Å². The van der Waals surface area contributed by atoms with E-state index >= 15 is 0 Å². The van der Waals surface area contributed by atoms with Crippen LogP contribution < -0.4 is 0 Å². The smallest absolute Gasteiger partial charge is 0.294 e. The first-order valence-corrected chi connectivity index (χ1v) is 6.91. The van der Waals surface area contributed by atoms with Crippen molar-refractivity contribution < 1.29 is 18.0 Å². The molecule has 1 unspecified atom stereocenters. The van der Waals surface area contributed by atoms with Crippen LogP contribution in [-0.4, -0.2) is 18.2 Å². The molecule has 98 valence electrons.